The summed E-state index contributed by atoms with van der Waals surface area (Å²) in [5.41, 5.74) is 2.84. The molecule has 0 aromatic heterocycles. The molecule has 0 fully saturated rings. The van der Waals surface area contributed by atoms with E-state index >= 15 is 0 Å². The van der Waals surface area contributed by atoms with E-state index in [1.807, 2.05) is 32.0 Å². The molecule has 0 aliphatic carbocycles. The number of rotatable bonds is 7. The van der Waals surface area contributed by atoms with Crippen molar-refractivity contribution >= 4 is 46.4 Å². The largest absolute Gasteiger partial charge is 0.494 e. The first-order chi connectivity index (χ1) is 16.4. The molecule has 4 rings (SSSR count). The molecular weight excluding hydrogens is 454 g/mol. The molecule has 1 heterocycles. The number of halogens is 1. The molecule has 1 aliphatic heterocycles. The number of carbonyl (C=O) groups excluding carboxylic acids is 3. The monoisotopic (exact) mass is 475 g/mol. The van der Waals surface area contributed by atoms with Gasteiger partial charge in [0.25, 0.3) is 17.7 Å². The highest BCUT2D eigenvalue weighted by atomic mass is 35.5. The Balaban J connectivity index is 1.51. The fourth-order valence-corrected chi connectivity index (χ4v) is 3.73. The maximum Gasteiger partial charge on any atom is 0.283 e. The Kier molecular flexibility index (Phi) is 6.65. The highest BCUT2D eigenvalue weighted by Crippen LogP contribution is 2.31. The predicted molar refractivity (Wildman–Crippen MR) is 132 cm³/mol. The van der Waals surface area contributed by atoms with E-state index in [9.17, 15) is 14.4 Å². The molecule has 8 heteroatoms. The van der Waals surface area contributed by atoms with E-state index in [0.29, 0.717) is 35.0 Å². The second-order valence-electron chi connectivity index (χ2n) is 7.59. The molecule has 1 aliphatic rings. The summed E-state index contributed by atoms with van der Waals surface area (Å²) in [6, 6.07) is 20.6. The number of hydrogen-bond donors (Lipinski definition) is 2. The van der Waals surface area contributed by atoms with Gasteiger partial charge in [-0.3, -0.25) is 14.4 Å². The Morgan fingerprint density at radius 3 is 2.35 bits per heavy atom. The molecule has 3 amide bonds. The van der Waals surface area contributed by atoms with Gasteiger partial charge in [-0.25, -0.2) is 4.90 Å². The van der Waals surface area contributed by atoms with E-state index in [2.05, 4.69) is 10.6 Å². The lowest BCUT2D eigenvalue weighted by molar-refractivity contribution is -0.120. The molecule has 7 nitrogen and oxygen atoms in total. The third kappa shape index (κ3) is 4.79. The van der Waals surface area contributed by atoms with Crippen LogP contribution in [0.4, 0.5) is 17.1 Å². The van der Waals surface area contributed by atoms with E-state index in [0.717, 1.165) is 10.5 Å². The summed E-state index contributed by atoms with van der Waals surface area (Å²) < 4.78 is 5.40. The topological polar surface area (TPSA) is 87.7 Å². The van der Waals surface area contributed by atoms with E-state index in [4.69, 9.17) is 16.3 Å². The Labute approximate surface area is 202 Å². The normalized spacial score (nSPS) is 13.3. The SMILES string of the molecule is CCOc1ccc(N2C(=O)C(Cl)=C(Nc3cccc(C(=O)Nc4cccc(C)c4)c3)C2=O)cc1. The van der Waals surface area contributed by atoms with E-state index < -0.39 is 11.8 Å². The quantitative estimate of drug-likeness (QED) is 0.465. The van der Waals surface area contributed by atoms with Gasteiger partial charge in [0.15, 0.2) is 0 Å². The standard InChI is InChI=1S/C26H22ClN3O4/c1-3-34-21-12-10-20(11-13-21)30-25(32)22(27)23(26(30)33)28-19-9-5-7-17(15-19)24(31)29-18-8-4-6-16(2)14-18/h4-15,28H,3H2,1-2H3,(H,29,31). The smallest absolute Gasteiger partial charge is 0.283 e. The molecule has 2 N–H and O–H groups in total. The molecule has 3 aromatic carbocycles. The second kappa shape index (κ2) is 9.80. The first-order valence-electron chi connectivity index (χ1n) is 10.6. The van der Waals surface area contributed by atoms with Crippen molar-refractivity contribution in [2.45, 2.75) is 13.8 Å². The number of amides is 3. The Hall–Kier alpha value is -4.10. The van der Waals surface area contributed by atoms with Crippen molar-refractivity contribution in [2.24, 2.45) is 0 Å². The van der Waals surface area contributed by atoms with Crippen LogP contribution < -0.4 is 20.3 Å². The predicted octanol–water partition coefficient (Wildman–Crippen LogP) is 5.08. The summed E-state index contributed by atoms with van der Waals surface area (Å²) in [6.45, 7) is 4.31. The van der Waals surface area contributed by atoms with Crippen LogP contribution in [0.25, 0.3) is 0 Å². The molecule has 0 saturated heterocycles. The van der Waals surface area contributed by atoms with Crippen molar-refractivity contribution in [3.8, 4) is 5.75 Å². The van der Waals surface area contributed by atoms with Gasteiger partial charge in [-0.15, -0.1) is 0 Å². The summed E-state index contributed by atoms with van der Waals surface area (Å²) in [5, 5.41) is 5.52. The van der Waals surface area contributed by atoms with Crippen molar-refractivity contribution in [3.05, 3.63) is 94.7 Å². The van der Waals surface area contributed by atoms with Gasteiger partial charge in [-0.2, -0.15) is 0 Å². The summed E-state index contributed by atoms with van der Waals surface area (Å²) in [6.07, 6.45) is 0. The van der Waals surface area contributed by atoms with E-state index in [1.165, 1.54) is 0 Å². The molecule has 0 spiro atoms. The summed E-state index contributed by atoms with van der Waals surface area (Å²) >= 11 is 6.22. The number of hydrogen-bond acceptors (Lipinski definition) is 5. The van der Waals surface area contributed by atoms with Crippen LogP contribution in [0.15, 0.2) is 83.5 Å². The lowest BCUT2D eigenvalue weighted by Gasteiger charge is -2.16. The number of ether oxygens (including phenoxy) is 1. The van der Waals surface area contributed by atoms with Crippen molar-refractivity contribution in [2.75, 3.05) is 22.1 Å². The van der Waals surface area contributed by atoms with Crippen LogP contribution >= 0.6 is 11.6 Å². The minimum Gasteiger partial charge on any atom is -0.494 e. The molecule has 0 saturated carbocycles. The average Bonchev–Trinajstić information content (AvgIpc) is 3.03. The summed E-state index contributed by atoms with van der Waals surface area (Å²) in [4.78, 5) is 39.4. The zero-order chi connectivity index (χ0) is 24.2. The highest BCUT2D eigenvalue weighted by Gasteiger charge is 2.39. The highest BCUT2D eigenvalue weighted by molar-refractivity contribution is 6.53. The van der Waals surface area contributed by atoms with Crippen LogP contribution in [0.5, 0.6) is 5.75 Å². The summed E-state index contributed by atoms with van der Waals surface area (Å²) in [5.74, 6) is -0.900. The maximum absolute atomic E-state index is 13.0. The Morgan fingerprint density at radius 1 is 0.941 bits per heavy atom. The van der Waals surface area contributed by atoms with Crippen molar-refractivity contribution in [1.29, 1.82) is 0 Å². The van der Waals surface area contributed by atoms with E-state index in [1.54, 1.807) is 54.6 Å². The van der Waals surface area contributed by atoms with Crippen molar-refractivity contribution in [1.82, 2.24) is 0 Å². The zero-order valence-electron chi connectivity index (χ0n) is 18.6. The minimum atomic E-state index is -0.633. The Morgan fingerprint density at radius 2 is 1.65 bits per heavy atom. The number of benzene rings is 3. The average molecular weight is 476 g/mol. The Bertz CT molecular complexity index is 1300. The van der Waals surface area contributed by atoms with Crippen LogP contribution in [-0.4, -0.2) is 24.3 Å². The van der Waals surface area contributed by atoms with Gasteiger partial charge in [0.2, 0.25) is 0 Å². The minimum absolute atomic E-state index is 0.0585. The molecule has 3 aromatic rings. The zero-order valence-corrected chi connectivity index (χ0v) is 19.3. The number of anilines is 3. The molecular formula is C26H22ClN3O4. The van der Waals surface area contributed by atoms with Gasteiger partial charge in [-0.1, -0.05) is 29.8 Å². The summed E-state index contributed by atoms with van der Waals surface area (Å²) in [7, 11) is 0. The second-order valence-corrected chi connectivity index (χ2v) is 7.97. The van der Waals surface area contributed by atoms with Crippen LogP contribution in [-0.2, 0) is 9.59 Å². The van der Waals surface area contributed by atoms with Gasteiger partial charge >= 0.3 is 0 Å². The number of imide groups is 1. The van der Waals surface area contributed by atoms with Gasteiger partial charge < -0.3 is 15.4 Å². The molecule has 172 valence electrons. The fourth-order valence-electron chi connectivity index (χ4n) is 3.51. The van der Waals surface area contributed by atoms with Gasteiger partial charge in [-0.05, 0) is 74.0 Å². The van der Waals surface area contributed by atoms with Crippen LogP contribution in [0.2, 0.25) is 0 Å². The molecule has 0 radical (unpaired) electrons. The number of nitrogens with zero attached hydrogens (tertiary/aromatic N) is 1. The first-order valence-corrected chi connectivity index (χ1v) is 11.0. The van der Waals surface area contributed by atoms with Crippen molar-refractivity contribution in [3.63, 3.8) is 0 Å². The molecule has 0 bridgehead atoms. The number of aryl methyl sites for hydroxylation is 1. The third-order valence-electron chi connectivity index (χ3n) is 5.10. The number of nitrogens with one attached hydrogen (secondary N) is 2. The lowest BCUT2D eigenvalue weighted by Crippen LogP contribution is -2.32. The fraction of sp³-hybridized carbons (Fsp3) is 0.115. The maximum atomic E-state index is 13.0. The first kappa shape index (κ1) is 23.1. The van der Waals surface area contributed by atoms with Gasteiger partial charge in [0.1, 0.15) is 16.5 Å². The van der Waals surface area contributed by atoms with Crippen molar-refractivity contribution < 1.29 is 19.1 Å². The van der Waals surface area contributed by atoms with Gasteiger partial charge in [0.05, 0.1) is 12.3 Å². The van der Waals surface area contributed by atoms with E-state index in [-0.39, 0.29) is 16.6 Å². The molecule has 0 unspecified atom stereocenters. The number of carbonyl (C=O) groups is 3. The lowest BCUT2D eigenvalue weighted by atomic mass is 10.1. The molecule has 34 heavy (non-hydrogen) atoms. The van der Waals surface area contributed by atoms with Gasteiger partial charge in [0, 0.05) is 16.9 Å². The third-order valence-corrected chi connectivity index (χ3v) is 5.45. The molecule has 0 atom stereocenters. The van der Waals surface area contributed by atoms with Crippen LogP contribution in [0.1, 0.15) is 22.8 Å². The van der Waals surface area contributed by atoms with Crippen LogP contribution in [0, 0.1) is 6.92 Å². The van der Waals surface area contributed by atoms with Crippen LogP contribution in [0.3, 0.4) is 0 Å².